The van der Waals surface area contributed by atoms with Crippen LogP contribution in [0, 0.1) is 0 Å². The summed E-state index contributed by atoms with van der Waals surface area (Å²) >= 11 is 5.11. The molecule has 0 unspecified atom stereocenters. The lowest BCUT2D eigenvalue weighted by molar-refractivity contribution is 0.638. The van der Waals surface area contributed by atoms with Crippen molar-refractivity contribution < 1.29 is 0 Å². The molecule has 0 aliphatic rings. The van der Waals surface area contributed by atoms with Gasteiger partial charge in [-0.2, -0.15) is 0 Å². The summed E-state index contributed by atoms with van der Waals surface area (Å²) in [5, 5.41) is 12.4. The molecule has 2 aromatic heterocycles. The Morgan fingerprint density at radius 2 is 2.24 bits per heavy atom. The quantitative estimate of drug-likeness (QED) is 0.797. The van der Waals surface area contributed by atoms with Gasteiger partial charge in [-0.25, -0.2) is 9.67 Å². The first-order valence-corrected chi connectivity index (χ1v) is 7.58. The Bertz CT molecular complexity index is 477. The minimum atomic E-state index is 0.494. The number of thiazole rings is 1. The van der Waals surface area contributed by atoms with Crippen LogP contribution in [0.5, 0.6) is 0 Å². The number of hydrogen-bond donors (Lipinski definition) is 0. The number of hydrogen-bond acceptors (Lipinski definition) is 4. The Morgan fingerprint density at radius 1 is 1.41 bits per heavy atom. The maximum absolute atomic E-state index is 4.58. The summed E-state index contributed by atoms with van der Waals surface area (Å²) in [6.07, 6.45) is 2.89. The summed E-state index contributed by atoms with van der Waals surface area (Å²) in [6, 6.07) is 0. The highest BCUT2D eigenvalue weighted by Crippen LogP contribution is 2.19. The lowest BCUT2D eigenvalue weighted by Gasteiger charge is -1.97. The Morgan fingerprint density at radius 3 is 2.88 bits per heavy atom. The van der Waals surface area contributed by atoms with E-state index in [2.05, 4.69) is 50.5 Å². The zero-order valence-electron chi connectivity index (χ0n) is 9.93. The monoisotopic (exact) mass is 314 g/mol. The van der Waals surface area contributed by atoms with Gasteiger partial charge in [-0.1, -0.05) is 35.0 Å². The van der Waals surface area contributed by atoms with E-state index in [0.29, 0.717) is 12.5 Å². The molecule has 4 nitrogen and oxygen atoms in total. The fourth-order valence-electron chi connectivity index (χ4n) is 1.45. The molecule has 17 heavy (non-hydrogen) atoms. The van der Waals surface area contributed by atoms with Gasteiger partial charge in [-0.15, -0.1) is 16.4 Å². The largest absolute Gasteiger partial charge is 0.246 e. The van der Waals surface area contributed by atoms with Gasteiger partial charge >= 0.3 is 0 Å². The van der Waals surface area contributed by atoms with Gasteiger partial charge in [0.15, 0.2) is 0 Å². The Hall–Kier alpha value is -0.750. The molecule has 0 spiro atoms. The van der Waals surface area contributed by atoms with Crippen molar-refractivity contribution in [3.8, 4) is 0 Å². The van der Waals surface area contributed by atoms with Crippen molar-refractivity contribution in [1.82, 2.24) is 20.0 Å². The topological polar surface area (TPSA) is 43.6 Å². The predicted molar refractivity (Wildman–Crippen MR) is 72.8 cm³/mol. The van der Waals surface area contributed by atoms with E-state index in [-0.39, 0.29) is 0 Å². The fraction of sp³-hybridized carbons (Fsp3) is 0.545. The molecule has 2 heterocycles. The Labute approximate surface area is 113 Å². The van der Waals surface area contributed by atoms with Crippen LogP contribution in [0.4, 0.5) is 0 Å². The Balaban J connectivity index is 2.03. The third-order valence-corrected chi connectivity index (χ3v) is 3.91. The fourth-order valence-corrected chi connectivity index (χ4v) is 2.69. The van der Waals surface area contributed by atoms with Gasteiger partial charge in [0.2, 0.25) is 0 Å². The molecule has 0 saturated carbocycles. The average molecular weight is 315 g/mol. The number of aromatic nitrogens is 4. The Kier molecular flexibility index (Phi) is 4.28. The molecule has 0 atom stereocenters. The number of nitrogens with zero attached hydrogens (tertiary/aromatic N) is 4. The van der Waals surface area contributed by atoms with Crippen LogP contribution in [0.2, 0.25) is 0 Å². The van der Waals surface area contributed by atoms with Gasteiger partial charge in [0, 0.05) is 29.2 Å². The standard InChI is InChI=1S/C11H15BrN4S/c1-8(2)11-13-10(7-17-11)6-16-5-9(3-4-12)14-15-16/h5,7-8H,3-4,6H2,1-2H3. The number of aryl methyl sites for hydroxylation is 1. The zero-order valence-corrected chi connectivity index (χ0v) is 12.3. The first-order chi connectivity index (χ1) is 8.19. The highest BCUT2D eigenvalue weighted by atomic mass is 79.9. The zero-order chi connectivity index (χ0) is 12.3. The maximum Gasteiger partial charge on any atom is 0.0954 e. The molecule has 0 saturated heterocycles. The molecule has 2 aromatic rings. The third kappa shape index (κ3) is 3.35. The molecule has 0 radical (unpaired) electrons. The summed E-state index contributed by atoms with van der Waals surface area (Å²) in [5.41, 5.74) is 2.08. The van der Waals surface area contributed by atoms with Crippen LogP contribution in [-0.4, -0.2) is 25.3 Å². The molecule has 2 rings (SSSR count). The van der Waals surface area contributed by atoms with Crippen LogP contribution in [-0.2, 0) is 13.0 Å². The highest BCUT2D eigenvalue weighted by Gasteiger charge is 2.07. The number of halogens is 1. The molecule has 0 aliphatic carbocycles. The molecule has 92 valence electrons. The minimum Gasteiger partial charge on any atom is -0.246 e. The van der Waals surface area contributed by atoms with Gasteiger partial charge < -0.3 is 0 Å². The van der Waals surface area contributed by atoms with E-state index in [1.54, 1.807) is 11.3 Å². The van der Waals surface area contributed by atoms with Crippen molar-refractivity contribution >= 4 is 27.3 Å². The van der Waals surface area contributed by atoms with Crippen molar-refractivity contribution in [2.75, 3.05) is 5.33 Å². The first-order valence-electron chi connectivity index (χ1n) is 5.58. The smallest absolute Gasteiger partial charge is 0.0954 e. The average Bonchev–Trinajstić information content (AvgIpc) is 2.89. The van der Waals surface area contributed by atoms with E-state index in [0.717, 1.165) is 23.1 Å². The number of rotatable bonds is 5. The molecule has 0 fully saturated rings. The summed E-state index contributed by atoms with van der Waals surface area (Å²) in [4.78, 5) is 4.58. The summed E-state index contributed by atoms with van der Waals surface area (Å²) in [7, 11) is 0. The minimum absolute atomic E-state index is 0.494. The van der Waals surface area contributed by atoms with Crippen LogP contribution < -0.4 is 0 Å². The SMILES string of the molecule is CC(C)c1nc(Cn2cc(CCBr)nn2)cs1. The second kappa shape index (κ2) is 5.73. The van der Waals surface area contributed by atoms with Crippen molar-refractivity contribution in [1.29, 1.82) is 0 Å². The van der Waals surface area contributed by atoms with Crippen LogP contribution >= 0.6 is 27.3 Å². The van der Waals surface area contributed by atoms with E-state index in [1.807, 2.05) is 10.9 Å². The molecule has 0 aromatic carbocycles. The molecule has 0 N–H and O–H groups in total. The second-order valence-electron chi connectivity index (χ2n) is 4.18. The molecule has 0 amide bonds. The highest BCUT2D eigenvalue weighted by molar-refractivity contribution is 9.09. The van der Waals surface area contributed by atoms with Gasteiger partial charge in [-0.05, 0) is 0 Å². The van der Waals surface area contributed by atoms with Crippen molar-refractivity contribution in [3.63, 3.8) is 0 Å². The lowest BCUT2D eigenvalue weighted by atomic mass is 10.2. The van der Waals surface area contributed by atoms with Crippen LogP contribution in [0.3, 0.4) is 0 Å². The van der Waals surface area contributed by atoms with E-state index in [9.17, 15) is 0 Å². The molecular formula is C11H15BrN4S. The van der Waals surface area contributed by atoms with E-state index in [4.69, 9.17) is 0 Å². The van der Waals surface area contributed by atoms with Gasteiger partial charge in [0.1, 0.15) is 0 Å². The van der Waals surface area contributed by atoms with Crippen LogP contribution in [0.25, 0.3) is 0 Å². The third-order valence-electron chi connectivity index (χ3n) is 2.32. The maximum atomic E-state index is 4.58. The summed E-state index contributed by atoms with van der Waals surface area (Å²) in [6.45, 7) is 5.02. The van der Waals surface area contributed by atoms with Gasteiger partial charge in [0.05, 0.1) is 22.9 Å². The van der Waals surface area contributed by atoms with E-state index in [1.165, 1.54) is 5.01 Å². The first kappa shape index (κ1) is 12.7. The predicted octanol–water partition coefficient (Wildman–Crippen LogP) is 2.84. The van der Waals surface area contributed by atoms with Crippen LogP contribution in [0.1, 0.15) is 36.2 Å². The second-order valence-corrected chi connectivity index (χ2v) is 5.86. The summed E-state index contributed by atoms with van der Waals surface area (Å²) < 4.78 is 1.84. The van der Waals surface area contributed by atoms with Crippen molar-refractivity contribution in [2.24, 2.45) is 0 Å². The molecule has 0 bridgehead atoms. The summed E-state index contributed by atoms with van der Waals surface area (Å²) in [5.74, 6) is 0.494. The van der Waals surface area contributed by atoms with E-state index < -0.39 is 0 Å². The molecule has 6 heteroatoms. The molecular weight excluding hydrogens is 300 g/mol. The van der Waals surface area contributed by atoms with E-state index >= 15 is 0 Å². The van der Waals surface area contributed by atoms with Crippen molar-refractivity contribution in [2.45, 2.75) is 32.7 Å². The van der Waals surface area contributed by atoms with Crippen LogP contribution in [0.15, 0.2) is 11.6 Å². The molecule has 0 aliphatic heterocycles. The van der Waals surface area contributed by atoms with Gasteiger partial charge in [0.25, 0.3) is 0 Å². The lowest BCUT2D eigenvalue weighted by Crippen LogP contribution is -2.01. The van der Waals surface area contributed by atoms with Gasteiger partial charge in [-0.3, -0.25) is 0 Å². The van der Waals surface area contributed by atoms with Crippen molar-refractivity contribution in [3.05, 3.63) is 28.0 Å². The number of alkyl halides is 1. The normalized spacial score (nSPS) is 11.3.